The van der Waals surface area contributed by atoms with Crippen molar-refractivity contribution in [3.05, 3.63) is 34.9 Å². The summed E-state index contributed by atoms with van der Waals surface area (Å²) < 4.78 is 0. The number of likely N-dealkylation sites (tertiary alicyclic amines) is 1. The first-order valence-electron chi connectivity index (χ1n) is 8.91. The summed E-state index contributed by atoms with van der Waals surface area (Å²) in [4.78, 5) is 27.9. The van der Waals surface area contributed by atoms with E-state index >= 15 is 0 Å². The molecule has 0 bridgehead atoms. The van der Waals surface area contributed by atoms with Crippen LogP contribution in [0.15, 0.2) is 24.3 Å². The molecule has 136 valence electrons. The average Bonchev–Trinajstić information content (AvgIpc) is 3.41. The molecule has 0 radical (unpaired) electrons. The first kappa shape index (κ1) is 18.1. The maximum Gasteiger partial charge on any atom is 0.319 e. The molecule has 1 saturated heterocycles. The number of urea groups is 1. The largest absolute Gasteiger partial charge is 0.355 e. The molecule has 1 saturated carbocycles. The molecule has 1 heterocycles. The average molecular weight is 364 g/mol. The third-order valence-electron chi connectivity index (χ3n) is 5.43. The van der Waals surface area contributed by atoms with E-state index in [1.165, 1.54) is 5.56 Å². The van der Waals surface area contributed by atoms with Crippen molar-refractivity contribution in [1.29, 1.82) is 0 Å². The molecule has 1 N–H and O–H groups in total. The van der Waals surface area contributed by atoms with Crippen LogP contribution in [-0.2, 0) is 10.2 Å². The molecular weight excluding hydrogens is 338 g/mol. The van der Waals surface area contributed by atoms with Crippen LogP contribution in [0.2, 0.25) is 5.02 Å². The van der Waals surface area contributed by atoms with E-state index in [-0.39, 0.29) is 23.3 Å². The number of benzene rings is 1. The highest BCUT2D eigenvalue weighted by molar-refractivity contribution is 6.30. The quantitative estimate of drug-likeness (QED) is 0.894. The number of hydrogen-bond donors (Lipinski definition) is 1. The zero-order valence-corrected chi connectivity index (χ0v) is 15.7. The van der Waals surface area contributed by atoms with Crippen LogP contribution < -0.4 is 5.32 Å². The first-order valence-corrected chi connectivity index (χ1v) is 9.29. The lowest BCUT2D eigenvalue weighted by Gasteiger charge is -2.33. The number of carbonyl (C=O) groups is 2. The van der Waals surface area contributed by atoms with Crippen LogP contribution in [0.1, 0.15) is 31.2 Å². The van der Waals surface area contributed by atoms with Crippen molar-refractivity contribution in [3.63, 3.8) is 0 Å². The highest BCUT2D eigenvalue weighted by Crippen LogP contribution is 2.47. The van der Waals surface area contributed by atoms with Gasteiger partial charge in [-0.1, -0.05) is 23.7 Å². The fraction of sp³-hybridized carbons (Fsp3) is 0.579. The van der Waals surface area contributed by atoms with Crippen LogP contribution in [0.4, 0.5) is 4.79 Å². The monoisotopic (exact) mass is 363 g/mol. The van der Waals surface area contributed by atoms with Gasteiger partial charge in [-0.15, -0.1) is 0 Å². The molecule has 1 aromatic carbocycles. The summed E-state index contributed by atoms with van der Waals surface area (Å²) in [7, 11) is 3.51. The number of amides is 3. The molecule has 3 amide bonds. The Morgan fingerprint density at radius 2 is 1.80 bits per heavy atom. The van der Waals surface area contributed by atoms with E-state index in [0.717, 1.165) is 30.7 Å². The van der Waals surface area contributed by atoms with Gasteiger partial charge in [0, 0.05) is 50.1 Å². The molecule has 0 spiro atoms. The van der Waals surface area contributed by atoms with Gasteiger partial charge in [0.15, 0.2) is 0 Å². The van der Waals surface area contributed by atoms with Crippen molar-refractivity contribution in [2.75, 3.05) is 33.7 Å². The van der Waals surface area contributed by atoms with Crippen LogP contribution in [-0.4, -0.2) is 55.5 Å². The van der Waals surface area contributed by atoms with Gasteiger partial charge in [-0.2, -0.15) is 0 Å². The first-order chi connectivity index (χ1) is 11.9. The van der Waals surface area contributed by atoms with Crippen LogP contribution >= 0.6 is 11.6 Å². The lowest BCUT2D eigenvalue weighted by atomic mass is 9.93. The van der Waals surface area contributed by atoms with Gasteiger partial charge in [0.1, 0.15) is 0 Å². The van der Waals surface area contributed by atoms with Gasteiger partial charge in [-0.3, -0.25) is 4.79 Å². The minimum Gasteiger partial charge on any atom is -0.355 e. The number of rotatable bonds is 4. The van der Waals surface area contributed by atoms with E-state index in [2.05, 4.69) is 17.4 Å². The van der Waals surface area contributed by atoms with Gasteiger partial charge in [0.25, 0.3) is 0 Å². The Hall–Kier alpha value is -1.75. The molecule has 1 aromatic rings. The SMILES string of the molecule is CN(C)C(=O)N1CCC(C(=O)NCC2(c3ccc(Cl)cc3)CC2)CC1. The van der Waals surface area contributed by atoms with Crippen molar-refractivity contribution in [1.82, 2.24) is 15.1 Å². The summed E-state index contributed by atoms with van der Waals surface area (Å²) in [5.74, 6) is 0.129. The summed E-state index contributed by atoms with van der Waals surface area (Å²) >= 11 is 5.96. The van der Waals surface area contributed by atoms with E-state index in [4.69, 9.17) is 11.6 Å². The Bertz CT molecular complexity index is 633. The fourth-order valence-electron chi connectivity index (χ4n) is 3.54. The second-order valence-electron chi connectivity index (χ2n) is 7.44. The smallest absolute Gasteiger partial charge is 0.319 e. The van der Waals surface area contributed by atoms with Crippen molar-refractivity contribution in [3.8, 4) is 0 Å². The predicted molar refractivity (Wildman–Crippen MR) is 98.8 cm³/mol. The zero-order chi connectivity index (χ0) is 18.0. The van der Waals surface area contributed by atoms with Crippen molar-refractivity contribution < 1.29 is 9.59 Å². The fourth-order valence-corrected chi connectivity index (χ4v) is 3.66. The van der Waals surface area contributed by atoms with Gasteiger partial charge < -0.3 is 15.1 Å². The molecule has 5 nitrogen and oxygen atoms in total. The van der Waals surface area contributed by atoms with Gasteiger partial charge in [-0.25, -0.2) is 4.79 Å². The lowest BCUT2D eigenvalue weighted by Crippen LogP contribution is -2.47. The zero-order valence-electron chi connectivity index (χ0n) is 14.9. The standard InChI is InChI=1S/C19H26ClN3O2/c1-22(2)18(25)23-11-7-14(8-12-23)17(24)21-13-19(9-10-19)15-3-5-16(20)6-4-15/h3-6,14H,7-13H2,1-2H3,(H,21,24). The molecular formula is C19H26ClN3O2. The van der Waals surface area contributed by atoms with Crippen LogP contribution in [0.5, 0.6) is 0 Å². The summed E-state index contributed by atoms with van der Waals surface area (Å²) in [6.07, 6.45) is 3.67. The van der Waals surface area contributed by atoms with Crippen LogP contribution in [0.25, 0.3) is 0 Å². The molecule has 0 atom stereocenters. The minimum absolute atomic E-state index is 0.00669. The van der Waals surface area contributed by atoms with Gasteiger partial charge >= 0.3 is 6.03 Å². The van der Waals surface area contributed by atoms with E-state index in [0.29, 0.717) is 19.6 Å². The number of hydrogen-bond acceptors (Lipinski definition) is 2. The molecule has 1 aliphatic carbocycles. The number of piperidine rings is 1. The Morgan fingerprint density at radius 1 is 1.20 bits per heavy atom. The maximum atomic E-state index is 12.5. The second kappa shape index (κ2) is 7.24. The highest BCUT2D eigenvalue weighted by Gasteiger charge is 2.44. The number of halogens is 1. The lowest BCUT2D eigenvalue weighted by molar-refractivity contribution is -0.126. The summed E-state index contributed by atoms with van der Waals surface area (Å²) in [5, 5.41) is 3.89. The third kappa shape index (κ3) is 4.09. The Kier molecular flexibility index (Phi) is 5.23. The number of nitrogens with one attached hydrogen (secondary N) is 1. The molecule has 0 aromatic heterocycles. The van der Waals surface area contributed by atoms with Crippen molar-refractivity contribution in [2.24, 2.45) is 5.92 Å². The number of nitrogens with zero attached hydrogens (tertiary/aromatic N) is 2. The molecule has 1 aliphatic heterocycles. The van der Waals surface area contributed by atoms with Crippen molar-refractivity contribution >= 4 is 23.5 Å². The Balaban J connectivity index is 1.49. The molecule has 25 heavy (non-hydrogen) atoms. The molecule has 2 aliphatic rings. The van der Waals surface area contributed by atoms with Gasteiger partial charge in [0.05, 0.1) is 0 Å². The minimum atomic E-state index is 0.00669. The Morgan fingerprint density at radius 3 is 2.32 bits per heavy atom. The Labute approximate surface area is 154 Å². The summed E-state index contributed by atoms with van der Waals surface area (Å²) in [5.41, 5.74) is 1.34. The topological polar surface area (TPSA) is 52.7 Å². The predicted octanol–water partition coefficient (Wildman–Crippen LogP) is 2.88. The molecule has 2 fully saturated rings. The van der Waals surface area contributed by atoms with Crippen LogP contribution in [0.3, 0.4) is 0 Å². The maximum absolute atomic E-state index is 12.5. The van der Waals surface area contributed by atoms with E-state index in [9.17, 15) is 9.59 Å². The summed E-state index contributed by atoms with van der Waals surface area (Å²) in [6.45, 7) is 1.99. The van der Waals surface area contributed by atoms with E-state index in [1.807, 2.05) is 17.0 Å². The van der Waals surface area contributed by atoms with E-state index in [1.54, 1.807) is 19.0 Å². The number of carbonyl (C=O) groups excluding carboxylic acids is 2. The van der Waals surface area contributed by atoms with Crippen LogP contribution in [0, 0.1) is 5.92 Å². The van der Waals surface area contributed by atoms with Gasteiger partial charge in [0.2, 0.25) is 5.91 Å². The molecule has 6 heteroatoms. The second-order valence-corrected chi connectivity index (χ2v) is 7.88. The molecule has 0 unspecified atom stereocenters. The molecule has 3 rings (SSSR count). The highest BCUT2D eigenvalue weighted by atomic mass is 35.5. The van der Waals surface area contributed by atoms with E-state index < -0.39 is 0 Å². The summed E-state index contributed by atoms with van der Waals surface area (Å²) in [6, 6.07) is 7.98. The normalized spacial score (nSPS) is 19.4. The third-order valence-corrected chi connectivity index (χ3v) is 5.68. The van der Waals surface area contributed by atoms with Gasteiger partial charge in [-0.05, 0) is 43.4 Å². The van der Waals surface area contributed by atoms with Crippen molar-refractivity contribution in [2.45, 2.75) is 31.1 Å².